The van der Waals surface area contributed by atoms with Gasteiger partial charge in [0, 0.05) is 32.6 Å². The van der Waals surface area contributed by atoms with Crippen molar-refractivity contribution < 1.29 is 0 Å². The third kappa shape index (κ3) is 3.51. The summed E-state index contributed by atoms with van der Waals surface area (Å²) in [5, 5.41) is 1.52. The summed E-state index contributed by atoms with van der Waals surface area (Å²) in [7, 11) is 0. The molecule has 4 heteroatoms. The van der Waals surface area contributed by atoms with Gasteiger partial charge in [0.15, 0.2) is 0 Å². The van der Waals surface area contributed by atoms with Crippen molar-refractivity contribution in [3.05, 3.63) is 112 Å². The first kappa shape index (κ1) is 18.3. The van der Waals surface area contributed by atoms with Gasteiger partial charge in [-0.2, -0.15) is 0 Å². The fourth-order valence-corrected chi connectivity index (χ4v) is 3.77. The summed E-state index contributed by atoms with van der Waals surface area (Å²) in [5.41, 5.74) is 5.64. The van der Waals surface area contributed by atoms with Crippen LogP contribution >= 0.6 is 11.6 Å². The molecule has 0 aliphatic carbocycles. The Hall–Kier alpha value is -3.69. The van der Waals surface area contributed by atoms with E-state index in [1.807, 2.05) is 91.0 Å². The highest BCUT2D eigenvalue weighted by Crippen LogP contribution is 2.30. The molecule has 0 atom stereocenters. The highest BCUT2D eigenvalue weighted by atomic mass is 35.5. The average molecular weight is 409 g/mol. The van der Waals surface area contributed by atoms with Crippen LogP contribution in [0.5, 0.6) is 0 Å². The molecule has 0 saturated carbocycles. The number of rotatable bonds is 3. The second kappa shape index (κ2) is 7.62. The van der Waals surface area contributed by atoms with E-state index in [9.17, 15) is 4.79 Å². The minimum atomic E-state index is -0.144. The number of aromatic nitrogens is 2. The molecule has 2 heterocycles. The molecule has 2 aromatic heterocycles. The van der Waals surface area contributed by atoms with E-state index in [-0.39, 0.29) is 5.56 Å². The van der Waals surface area contributed by atoms with Crippen molar-refractivity contribution in [2.24, 2.45) is 0 Å². The zero-order chi connectivity index (χ0) is 20.5. The number of halogens is 1. The van der Waals surface area contributed by atoms with Crippen LogP contribution in [0.25, 0.3) is 44.5 Å². The zero-order valence-electron chi connectivity index (χ0n) is 16.0. The number of pyridine rings is 2. The number of hydrogen-bond donors (Lipinski definition) is 1. The van der Waals surface area contributed by atoms with Crippen molar-refractivity contribution in [3.63, 3.8) is 0 Å². The number of benzene rings is 3. The Balaban J connectivity index is 1.76. The maximum atomic E-state index is 12.9. The quantitative estimate of drug-likeness (QED) is 0.366. The molecule has 0 unspecified atom stereocenters. The Morgan fingerprint density at radius 1 is 0.667 bits per heavy atom. The molecular weight excluding hydrogens is 392 g/mol. The van der Waals surface area contributed by atoms with Crippen molar-refractivity contribution >= 4 is 22.5 Å². The second-order valence-corrected chi connectivity index (χ2v) is 7.54. The summed E-state index contributed by atoms with van der Waals surface area (Å²) < 4.78 is 0. The average Bonchev–Trinajstić information content (AvgIpc) is 2.80. The maximum absolute atomic E-state index is 12.9. The number of H-pyrrole nitrogens is 1. The molecule has 0 amide bonds. The molecule has 3 aromatic carbocycles. The Morgan fingerprint density at radius 3 is 1.87 bits per heavy atom. The number of aromatic amines is 1. The third-order valence-electron chi connectivity index (χ3n) is 5.08. The van der Waals surface area contributed by atoms with E-state index in [1.165, 1.54) is 0 Å². The highest BCUT2D eigenvalue weighted by molar-refractivity contribution is 6.31. The smallest absolute Gasteiger partial charge is 0.256 e. The first-order chi connectivity index (χ1) is 14.7. The molecule has 5 rings (SSSR count). The van der Waals surface area contributed by atoms with Crippen molar-refractivity contribution in [1.82, 2.24) is 9.97 Å². The molecule has 0 aliphatic heterocycles. The van der Waals surface area contributed by atoms with Gasteiger partial charge in [-0.3, -0.25) is 4.79 Å². The van der Waals surface area contributed by atoms with E-state index >= 15 is 0 Å². The molecule has 0 fully saturated rings. The lowest BCUT2D eigenvalue weighted by atomic mass is 10.00. The van der Waals surface area contributed by atoms with Crippen molar-refractivity contribution in [1.29, 1.82) is 0 Å². The molecule has 5 aromatic rings. The topological polar surface area (TPSA) is 45.8 Å². The molecule has 3 nitrogen and oxygen atoms in total. The van der Waals surface area contributed by atoms with Crippen molar-refractivity contribution in [3.8, 4) is 33.6 Å². The van der Waals surface area contributed by atoms with Gasteiger partial charge >= 0.3 is 0 Å². The fraction of sp³-hybridized carbons (Fsp3) is 0. The molecule has 0 spiro atoms. The van der Waals surface area contributed by atoms with E-state index in [1.54, 1.807) is 6.07 Å². The van der Waals surface area contributed by atoms with Crippen molar-refractivity contribution in [2.75, 3.05) is 0 Å². The lowest BCUT2D eigenvalue weighted by Crippen LogP contribution is -2.09. The summed E-state index contributed by atoms with van der Waals surface area (Å²) in [6.45, 7) is 0. The van der Waals surface area contributed by atoms with E-state index in [0.29, 0.717) is 10.6 Å². The molecule has 0 saturated heterocycles. The Kier molecular flexibility index (Phi) is 4.66. The third-order valence-corrected chi connectivity index (χ3v) is 5.32. The number of hydrogen-bond acceptors (Lipinski definition) is 2. The van der Waals surface area contributed by atoms with Crippen LogP contribution in [0.3, 0.4) is 0 Å². The summed E-state index contributed by atoms with van der Waals surface area (Å²) in [6, 6.07) is 31.2. The van der Waals surface area contributed by atoms with E-state index < -0.39 is 0 Å². The summed E-state index contributed by atoms with van der Waals surface area (Å²) >= 11 is 6.17. The lowest BCUT2D eigenvalue weighted by Gasteiger charge is -2.10. The molecule has 0 radical (unpaired) electrons. The van der Waals surface area contributed by atoms with Gasteiger partial charge in [-0.1, -0.05) is 72.3 Å². The molecular formula is C26H17ClN2O. The molecule has 144 valence electrons. The van der Waals surface area contributed by atoms with Gasteiger partial charge in [-0.05, 0) is 42.0 Å². The highest BCUT2D eigenvalue weighted by Gasteiger charge is 2.12. The van der Waals surface area contributed by atoms with Gasteiger partial charge in [0.2, 0.25) is 0 Å². The van der Waals surface area contributed by atoms with Crippen LogP contribution in [0, 0.1) is 0 Å². The van der Waals surface area contributed by atoms with Gasteiger partial charge in [-0.15, -0.1) is 0 Å². The normalized spacial score (nSPS) is 11.0. The zero-order valence-corrected chi connectivity index (χ0v) is 16.7. The largest absolute Gasteiger partial charge is 0.321 e. The summed E-state index contributed by atoms with van der Waals surface area (Å²) in [6.07, 6.45) is 0. The summed E-state index contributed by atoms with van der Waals surface area (Å²) in [4.78, 5) is 20.7. The van der Waals surface area contributed by atoms with Crippen LogP contribution in [-0.2, 0) is 0 Å². The monoisotopic (exact) mass is 408 g/mol. The number of nitrogens with one attached hydrogen (secondary N) is 1. The van der Waals surface area contributed by atoms with Crippen LogP contribution in [0.1, 0.15) is 0 Å². The first-order valence-electron chi connectivity index (χ1n) is 9.63. The molecule has 0 aliphatic rings. The van der Waals surface area contributed by atoms with Crippen LogP contribution in [0.15, 0.2) is 102 Å². The fourth-order valence-electron chi connectivity index (χ4n) is 3.59. The molecule has 0 bridgehead atoms. The van der Waals surface area contributed by atoms with E-state index in [4.69, 9.17) is 16.6 Å². The minimum Gasteiger partial charge on any atom is -0.321 e. The predicted octanol–water partition coefficient (Wildman–Crippen LogP) is 6.58. The number of fused-ring (bicyclic) bond motifs is 1. The van der Waals surface area contributed by atoms with Crippen LogP contribution in [-0.4, -0.2) is 9.97 Å². The van der Waals surface area contributed by atoms with Crippen LogP contribution < -0.4 is 5.56 Å². The Labute approximate surface area is 178 Å². The van der Waals surface area contributed by atoms with Gasteiger partial charge in [-0.25, -0.2) is 4.98 Å². The Bertz CT molecular complexity index is 1350. The van der Waals surface area contributed by atoms with Gasteiger partial charge in [0.05, 0.1) is 11.4 Å². The predicted molar refractivity (Wildman–Crippen MR) is 124 cm³/mol. The second-order valence-electron chi connectivity index (χ2n) is 7.10. The summed E-state index contributed by atoms with van der Waals surface area (Å²) in [5.74, 6) is 0. The van der Waals surface area contributed by atoms with Gasteiger partial charge < -0.3 is 4.98 Å². The lowest BCUT2D eigenvalue weighted by molar-refractivity contribution is 1.29. The van der Waals surface area contributed by atoms with Gasteiger partial charge in [0.1, 0.15) is 0 Å². The van der Waals surface area contributed by atoms with Crippen molar-refractivity contribution in [2.45, 2.75) is 0 Å². The number of nitrogens with zero attached hydrogens (tertiary/aromatic N) is 1. The SMILES string of the molecule is O=c1[nH]c2ccc(Cl)cc2cc1-c1cc(-c2ccccc2)nc(-c2ccccc2)c1. The van der Waals surface area contributed by atoms with E-state index in [2.05, 4.69) is 4.98 Å². The van der Waals surface area contributed by atoms with E-state index in [0.717, 1.165) is 39.0 Å². The molecule has 1 N–H and O–H groups in total. The molecule has 30 heavy (non-hydrogen) atoms. The maximum Gasteiger partial charge on any atom is 0.256 e. The van der Waals surface area contributed by atoms with Crippen LogP contribution in [0.2, 0.25) is 5.02 Å². The Morgan fingerprint density at radius 2 is 1.27 bits per heavy atom. The minimum absolute atomic E-state index is 0.144. The van der Waals surface area contributed by atoms with Gasteiger partial charge in [0.25, 0.3) is 5.56 Å². The first-order valence-corrected chi connectivity index (χ1v) is 10.0. The van der Waals surface area contributed by atoms with Crippen LogP contribution in [0.4, 0.5) is 0 Å². The standard InChI is InChI=1S/C26H17ClN2O/c27-21-11-12-23-20(13-21)14-22(26(30)29-23)19-15-24(17-7-3-1-4-8-17)28-25(16-19)18-9-5-2-6-10-18/h1-16H,(H,29,30).